The fraction of sp³-hybridized carbons (Fsp3) is 0.424. The number of likely N-dealkylation sites (N-methyl/N-ethyl adjacent to an activating group) is 1. The zero-order valence-electron chi connectivity index (χ0n) is 24.1. The van der Waals surface area contributed by atoms with Crippen molar-refractivity contribution in [2.24, 2.45) is 0 Å². The number of ether oxygens (including phenoxy) is 3. The normalized spacial score (nSPS) is 17.8. The van der Waals surface area contributed by atoms with E-state index in [1.165, 1.54) is 0 Å². The quantitative estimate of drug-likeness (QED) is 0.252. The lowest BCUT2D eigenvalue weighted by Crippen LogP contribution is -2.62. The minimum atomic E-state index is -2.01. The first kappa shape index (κ1) is 31.8. The van der Waals surface area contributed by atoms with E-state index in [9.17, 15) is 20.1 Å². The highest BCUT2D eigenvalue weighted by molar-refractivity contribution is 5.81. The third-order valence-electron chi connectivity index (χ3n) is 7.50. The molecule has 0 bridgehead atoms. The fourth-order valence-corrected chi connectivity index (χ4v) is 4.92. The molecule has 0 saturated carbocycles. The molecule has 4 atom stereocenters. The highest BCUT2D eigenvalue weighted by Gasteiger charge is 2.48. The van der Waals surface area contributed by atoms with Crippen molar-refractivity contribution in [3.8, 4) is 0 Å². The van der Waals surface area contributed by atoms with E-state index in [4.69, 9.17) is 14.2 Å². The van der Waals surface area contributed by atoms with Crippen LogP contribution in [0.15, 0.2) is 91.0 Å². The zero-order valence-corrected chi connectivity index (χ0v) is 24.1. The molecule has 0 aliphatic carbocycles. The predicted molar refractivity (Wildman–Crippen MR) is 158 cm³/mol. The number of nitrogens with zero attached hydrogens (tertiary/aromatic N) is 2. The molecule has 3 N–H and O–H groups in total. The van der Waals surface area contributed by atoms with Crippen molar-refractivity contribution in [2.75, 3.05) is 46.4 Å². The molecule has 0 unspecified atom stereocenters. The molecule has 226 valence electrons. The lowest BCUT2D eigenvalue weighted by Gasteiger charge is -2.41. The highest BCUT2D eigenvalue weighted by Crippen LogP contribution is 2.26. The molecular weight excluding hydrogens is 536 g/mol. The molecule has 4 rings (SSSR count). The second-order valence-corrected chi connectivity index (χ2v) is 10.8. The average Bonchev–Trinajstić information content (AvgIpc) is 3.03. The number of hydrogen-bond donors (Lipinski definition) is 3. The van der Waals surface area contributed by atoms with Crippen molar-refractivity contribution in [3.63, 3.8) is 0 Å². The third kappa shape index (κ3) is 8.92. The molecule has 1 fully saturated rings. The topological polar surface area (TPSA) is 112 Å². The van der Waals surface area contributed by atoms with Crippen LogP contribution in [0.3, 0.4) is 0 Å². The Bertz CT molecular complexity index is 1190. The van der Waals surface area contributed by atoms with Crippen LogP contribution >= 0.6 is 0 Å². The number of piperazine rings is 1. The van der Waals surface area contributed by atoms with Crippen LogP contribution in [0, 0.1) is 0 Å². The molecule has 9 heteroatoms. The fourth-order valence-electron chi connectivity index (χ4n) is 4.92. The predicted octanol–water partition coefficient (Wildman–Crippen LogP) is 2.23. The van der Waals surface area contributed by atoms with Gasteiger partial charge in [0.15, 0.2) is 6.10 Å². The molecule has 1 aliphatic heterocycles. The number of aliphatic hydroxyl groups is 3. The molecule has 3 aromatic rings. The van der Waals surface area contributed by atoms with Gasteiger partial charge >= 0.3 is 0 Å². The van der Waals surface area contributed by atoms with E-state index in [0.29, 0.717) is 26.2 Å². The van der Waals surface area contributed by atoms with Crippen molar-refractivity contribution in [3.05, 3.63) is 108 Å². The summed E-state index contributed by atoms with van der Waals surface area (Å²) in [6.45, 7) is 1.48. The minimum Gasteiger partial charge on any atom is -0.393 e. The van der Waals surface area contributed by atoms with Gasteiger partial charge in [0.05, 0.1) is 33.0 Å². The van der Waals surface area contributed by atoms with E-state index in [0.717, 1.165) is 16.7 Å². The maximum atomic E-state index is 13.6. The van der Waals surface area contributed by atoms with Gasteiger partial charge in [0, 0.05) is 26.2 Å². The molecule has 1 amide bonds. The molecule has 3 aromatic carbocycles. The molecule has 0 spiro atoms. The largest absolute Gasteiger partial charge is 0.393 e. The number of aliphatic hydroxyl groups excluding tert-OH is 2. The first-order valence-electron chi connectivity index (χ1n) is 14.3. The van der Waals surface area contributed by atoms with Crippen LogP contribution in [0.4, 0.5) is 0 Å². The average molecular weight is 579 g/mol. The number of amides is 1. The van der Waals surface area contributed by atoms with Gasteiger partial charge in [-0.2, -0.15) is 0 Å². The van der Waals surface area contributed by atoms with E-state index in [1.807, 2.05) is 98.0 Å². The van der Waals surface area contributed by atoms with Gasteiger partial charge in [-0.25, -0.2) is 0 Å². The van der Waals surface area contributed by atoms with Gasteiger partial charge in [-0.05, 0) is 23.7 Å². The number of rotatable bonds is 15. The number of carbonyl (C=O) groups is 1. The molecule has 0 radical (unpaired) electrons. The van der Waals surface area contributed by atoms with Crippen LogP contribution in [0.1, 0.15) is 16.7 Å². The van der Waals surface area contributed by atoms with Gasteiger partial charge in [-0.15, -0.1) is 0 Å². The summed E-state index contributed by atoms with van der Waals surface area (Å²) in [6.07, 6.45) is -4.31. The number of hydrogen-bond acceptors (Lipinski definition) is 8. The van der Waals surface area contributed by atoms with Crippen LogP contribution in [-0.2, 0) is 38.8 Å². The standard InChI is InChI=1S/C33H42N2O7/c1-34-17-19-35(20-18-34)32(38)29(37)30(41-22-27-13-7-3-8-14-27)31(42-23-28-15-9-4-10-16-28)33(39,24-36)25-40-21-26-11-5-2-6-12-26/h2-16,29-31,36-37,39H,17-25H2,1H3/t29-,30-,31+,33+/m1/s1. The highest BCUT2D eigenvalue weighted by atomic mass is 16.6. The third-order valence-corrected chi connectivity index (χ3v) is 7.50. The van der Waals surface area contributed by atoms with Crippen LogP contribution in [-0.4, -0.2) is 101 Å². The molecular formula is C33H42N2O7. The lowest BCUT2D eigenvalue weighted by atomic mass is 9.90. The Morgan fingerprint density at radius 2 is 1.26 bits per heavy atom. The van der Waals surface area contributed by atoms with E-state index in [2.05, 4.69) is 4.90 Å². The Hall–Kier alpha value is -3.15. The van der Waals surface area contributed by atoms with Crippen molar-refractivity contribution >= 4 is 5.91 Å². The molecule has 42 heavy (non-hydrogen) atoms. The Labute approximate surface area is 247 Å². The minimum absolute atomic E-state index is 0.0487. The second kappa shape index (κ2) is 15.9. The summed E-state index contributed by atoms with van der Waals surface area (Å²) in [5.41, 5.74) is 0.515. The zero-order chi connectivity index (χ0) is 29.8. The maximum Gasteiger partial charge on any atom is 0.254 e. The molecule has 1 aliphatic rings. The Morgan fingerprint density at radius 1 is 0.786 bits per heavy atom. The van der Waals surface area contributed by atoms with E-state index < -0.39 is 36.4 Å². The summed E-state index contributed by atoms with van der Waals surface area (Å²) >= 11 is 0. The smallest absolute Gasteiger partial charge is 0.254 e. The van der Waals surface area contributed by atoms with Crippen molar-refractivity contribution in [1.82, 2.24) is 9.80 Å². The number of carbonyl (C=O) groups excluding carboxylic acids is 1. The molecule has 9 nitrogen and oxygen atoms in total. The second-order valence-electron chi connectivity index (χ2n) is 10.8. The van der Waals surface area contributed by atoms with Crippen LogP contribution in [0.5, 0.6) is 0 Å². The lowest BCUT2D eigenvalue weighted by molar-refractivity contribution is -0.227. The molecule has 0 aromatic heterocycles. The SMILES string of the molecule is CN1CCN(C(=O)[C@H](O)[C@@H](OCc2ccccc2)[C@H](OCc2ccccc2)[C@](O)(CO)COCc2ccccc2)CC1. The van der Waals surface area contributed by atoms with Gasteiger partial charge in [0.2, 0.25) is 0 Å². The van der Waals surface area contributed by atoms with Gasteiger partial charge in [-0.1, -0.05) is 91.0 Å². The first-order valence-corrected chi connectivity index (χ1v) is 14.3. The van der Waals surface area contributed by atoms with Gasteiger partial charge in [-0.3, -0.25) is 4.79 Å². The van der Waals surface area contributed by atoms with Crippen molar-refractivity contribution < 1.29 is 34.3 Å². The van der Waals surface area contributed by atoms with E-state index >= 15 is 0 Å². The van der Waals surface area contributed by atoms with Crippen LogP contribution < -0.4 is 0 Å². The summed E-state index contributed by atoms with van der Waals surface area (Å²) in [5.74, 6) is -0.514. The Morgan fingerprint density at radius 3 is 1.76 bits per heavy atom. The summed E-state index contributed by atoms with van der Waals surface area (Å²) in [4.78, 5) is 17.3. The molecule has 1 heterocycles. The maximum absolute atomic E-state index is 13.6. The van der Waals surface area contributed by atoms with Crippen LogP contribution in [0.25, 0.3) is 0 Å². The van der Waals surface area contributed by atoms with Crippen LogP contribution in [0.2, 0.25) is 0 Å². The van der Waals surface area contributed by atoms with Gasteiger partial charge in [0.25, 0.3) is 5.91 Å². The summed E-state index contributed by atoms with van der Waals surface area (Å²) in [6, 6.07) is 28.2. The monoisotopic (exact) mass is 578 g/mol. The Balaban J connectivity index is 1.61. The van der Waals surface area contributed by atoms with Gasteiger partial charge < -0.3 is 39.3 Å². The summed E-state index contributed by atoms with van der Waals surface area (Å²) in [5, 5.41) is 34.0. The molecule has 1 saturated heterocycles. The number of benzene rings is 3. The summed E-state index contributed by atoms with van der Waals surface area (Å²) in [7, 11) is 1.98. The van der Waals surface area contributed by atoms with Crippen molar-refractivity contribution in [1.29, 1.82) is 0 Å². The van der Waals surface area contributed by atoms with E-state index in [1.54, 1.807) is 4.90 Å². The van der Waals surface area contributed by atoms with Crippen molar-refractivity contribution in [2.45, 2.75) is 43.7 Å². The Kier molecular flexibility index (Phi) is 12.0. The van der Waals surface area contributed by atoms with E-state index in [-0.39, 0.29) is 26.4 Å². The summed E-state index contributed by atoms with van der Waals surface area (Å²) < 4.78 is 18.3. The van der Waals surface area contributed by atoms with Gasteiger partial charge in [0.1, 0.15) is 17.8 Å². The first-order chi connectivity index (χ1) is 20.4.